The summed E-state index contributed by atoms with van der Waals surface area (Å²) >= 11 is 0. The third-order valence-electron chi connectivity index (χ3n) is 4.71. The Morgan fingerprint density at radius 2 is 2.12 bits per heavy atom. The number of methoxy groups -OCH3 is 1. The highest BCUT2D eigenvalue weighted by molar-refractivity contribution is 5.37. The highest BCUT2D eigenvalue weighted by Gasteiger charge is 2.21. The molecule has 1 aliphatic heterocycles. The van der Waals surface area contributed by atoms with Crippen LogP contribution in [0.1, 0.15) is 36.1 Å². The first-order chi connectivity index (χ1) is 12.6. The quantitative estimate of drug-likeness (QED) is 0.760. The zero-order valence-electron chi connectivity index (χ0n) is 16.2. The lowest BCUT2D eigenvalue weighted by atomic mass is 10.1. The van der Waals surface area contributed by atoms with Crippen molar-refractivity contribution in [2.24, 2.45) is 5.92 Å². The van der Waals surface area contributed by atoms with Gasteiger partial charge in [0.25, 0.3) is 5.88 Å². The van der Waals surface area contributed by atoms with Gasteiger partial charge in [0.05, 0.1) is 13.7 Å². The summed E-state index contributed by atoms with van der Waals surface area (Å²) in [5.41, 5.74) is 3.09. The summed E-state index contributed by atoms with van der Waals surface area (Å²) in [5, 5.41) is 0. The van der Waals surface area contributed by atoms with Crippen molar-refractivity contribution >= 4 is 0 Å². The lowest BCUT2D eigenvalue weighted by Crippen LogP contribution is -2.18. The van der Waals surface area contributed by atoms with Crippen molar-refractivity contribution in [3.63, 3.8) is 0 Å². The number of pyridine rings is 1. The van der Waals surface area contributed by atoms with Gasteiger partial charge in [-0.15, -0.1) is 0 Å². The number of ether oxygens (including phenoxy) is 2. The SMILES string of the molecule is CCc1cc(C)nc(Cc2cnc(OC)c(OC[C@H]3CCN(C)C3)c2)n1. The Kier molecular flexibility index (Phi) is 6.04. The summed E-state index contributed by atoms with van der Waals surface area (Å²) in [7, 11) is 3.77. The van der Waals surface area contributed by atoms with E-state index in [9.17, 15) is 0 Å². The summed E-state index contributed by atoms with van der Waals surface area (Å²) in [6.07, 6.45) is 4.52. The molecule has 1 aliphatic rings. The second-order valence-corrected chi connectivity index (χ2v) is 7.03. The Bertz CT molecular complexity index is 751. The molecule has 0 spiro atoms. The van der Waals surface area contributed by atoms with Crippen LogP contribution >= 0.6 is 0 Å². The topological polar surface area (TPSA) is 60.4 Å². The van der Waals surface area contributed by atoms with Gasteiger partial charge in [0.2, 0.25) is 0 Å². The van der Waals surface area contributed by atoms with Gasteiger partial charge in [-0.05, 0) is 51.1 Å². The van der Waals surface area contributed by atoms with E-state index < -0.39 is 0 Å². The zero-order chi connectivity index (χ0) is 18.5. The molecule has 0 amide bonds. The standard InChI is InChI=1S/C20H28N4O2/c1-5-17-8-14(2)22-19(23-17)10-16-9-18(20(25-4)21-11-16)26-13-15-6-7-24(3)12-15/h8-9,11,15H,5-7,10,12-13H2,1-4H3/t15-/m0/s1. The van der Waals surface area contributed by atoms with Crippen LogP contribution in [0.25, 0.3) is 0 Å². The van der Waals surface area contributed by atoms with E-state index in [1.807, 2.05) is 25.3 Å². The molecule has 0 N–H and O–H groups in total. The fourth-order valence-electron chi connectivity index (χ4n) is 3.34. The summed E-state index contributed by atoms with van der Waals surface area (Å²) in [4.78, 5) is 15.9. The van der Waals surface area contributed by atoms with Crippen molar-refractivity contribution in [1.82, 2.24) is 19.9 Å². The maximum atomic E-state index is 6.05. The van der Waals surface area contributed by atoms with Crippen LogP contribution < -0.4 is 9.47 Å². The molecule has 3 rings (SSSR count). The van der Waals surface area contributed by atoms with E-state index >= 15 is 0 Å². The average molecular weight is 356 g/mol. The molecular weight excluding hydrogens is 328 g/mol. The predicted octanol–water partition coefficient (Wildman–Crippen LogP) is 2.67. The number of hydrogen-bond acceptors (Lipinski definition) is 6. The molecule has 0 unspecified atom stereocenters. The molecule has 1 fully saturated rings. The van der Waals surface area contributed by atoms with Crippen molar-refractivity contribution in [2.45, 2.75) is 33.1 Å². The van der Waals surface area contributed by atoms with Gasteiger partial charge in [-0.2, -0.15) is 0 Å². The van der Waals surface area contributed by atoms with E-state index in [-0.39, 0.29) is 0 Å². The summed E-state index contributed by atoms with van der Waals surface area (Å²) in [6, 6.07) is 4.03. The third kappa shape index (κ3) is 4.69. The molecule has 6 nitrogen and oxygen atoms in total. The van der Waals surface area contributed by atoms with Crippen LogP contribution in [0.4, 0.5) is 0 Å². The predicted molar refractivity (Wildman–Crippen MR) is 101 cm³/mol. The molecule has 0 saturated carbocycles. The van der Waals surface area contributed by atoms with E-state index in [4.69, 9.17) is 9.47 Å². The first kappa shape index (κ1) is 18.6. The fraction of sp³-hybridized carbons (Fsp3) is 0.550. The Morgan fingerprint density at radius 1 is 1.27 bits per heavy atom. The van der Waals surface area contributed by atoms with Crippen LogP contribution in [0.2, 0.25) is 0 Å². The molecule has 1 saturated heterocycles. The molecule has 0 radical (unpaired) electrons. The van der Waals surface area contributed by atoms with Gasteiger partial charge < -0.3 is 14.4 Å². The largest absolute Gasteiger partial charge is 0.488 e. The van der Waals surface area contributed by atoms with E-state index in [2.05, 4.69) is 33.8 Å². The first-order valence-electron chi connectivity index (χ1n) is 9.25. The van der Waals surface area contributed by atoms with Gasteiger partial charge in [0, 0.05) is 36.5 Å². The van der Waals surface area contributed by atoms with Crippen LogP contribution in [-0.2, 0) is 12.8 Å². The van der Waals surface area contributed by atoms with Gasteiger partial charge in [0.15, 0.2) is 5.75 Å². The highest BCUT2D eigenvalue weighted by atomic mass is 16.5. The summed E-state index contributed by atoms with van der Waals surface area (Å²) in [5.74, 6) is 2.60. The molecule has 0 aliphatic carbocycles. The molecule has 0 aromatic carbocycles. The van der Waals surface area contributed by atoms with E-state index in [1.165, 1.54) is 6.42 Å². The maximum Gasteiger partial charge on any atom is 0.256 e. The number of hydrogen-bond donors (Lipinski definition) is 0. The molecule has 6 heteroatoms. The van der Waals surface area contributed by atoms with Gasteiger partial charge >= 0.3 is 0 Å². The van der Waals surface area contributed by atoms with Gasteiger partial charge in [0.1, 0.15) is 5.82 Å². The maximum absolute atomic E-state index is 6.05. The Hall–Kier alpha value is -2.21. The number of rotatable bonds is 7. The van der Waals surface area contributed by atoms with Crippen LogP contribution in [0.3, 0.4) is 0 Å². The number of nitrogens with zero attached hydrogens (tertiary/aromatic N) is 4. The molecule has 3 heterocycles. The zero-order valence-corrected chi connectivity index (χ0v) is 16.2. The van der Waals surface area contributed by atoms with Crippen LogP contribution in [0.15, 0.2) is 18.3 Å². The normalized spacial score (nSPS) is 17.5. The Balaban J connectivity index is 1.73. The number of aryl methyl sites for hydroxylation is 2. The molecule has 140 valence electrons. The van der Waals surface area contributed by atoms with Crippen molar-refractivity contribution in [3.8, 4) is 11.6 Å². The van der Waals surface area contributed by atoms with Crippen LogP contribution in [0, 0.1) is 12.8 Å². The second kappa shape index (κ2) is 8.45. The summed E-state index contributed by atoms with van der Waals surface area (Å²) in [6.45, 7) is 7.00. The van der Waals surface area contributed by atoms with Crippen molar-refractivity contribution in [2.75, 3.05) is 33.9 Å². The minimum absolute atomic E-state index is 0.527. The van der Waals surface area contributed by atoms with E-state index in [0.29, 0.717) is 30.6 Å². The van der Waals surface area contributed by atoms with Crippen LogP contribution in [-0.4, -0.2) is 53.7 Å². The highest BCUT2D eigenvalue weighted by Crippen LogP contribution is 2.27. The fourth-order valence-corrected chi connectivity index (χ4v) is 3.34. The average Bonchev–Trinajstić information content (AvgIpc) is 3.05. The third-order valence-corrected chi connectivity index (χ3v) is 4.71. The molecule has 0 bridgehead atoms. The number of likely N-dealkylation sites (tertiary alicyclic amines) is 1. The van der Waals surface area contributed by atoms with E-state index in [1.54, 1.807) is 7.11 Å². The van der Waals surface area contributed by atoms with Gasteiger partial charge in [-0.3, -0.25) is 0 Å². The Labute approximate surface area is 155 Å². The molecule has 26 heavy (non-hydrogen) atoms. The second-order valence-electron chi connectivity index (χ2n) is 7.03. The monoisotopic (exact) mass is 356 g/mol. The van der Waals surface area contributed by atoms with Crippen molar-refractivity contribution < 1.29 is 9.47 Å². The van der Waals surface area contributed by atoms with Crippen LogP contribution in [0.5, 0.6) is 11.6 Å². The minimum atomic E-state index is 0.527. The van der Waals surface area contributed by atoms with Crippen molar-refractivity contribution in [3.05, 3.63) is 41.1 Å². The smallest absolute Gasteiger partial charge is 0.256 e. The van der Waals surface area contributed by atoms with E-state index in [0.717, 1.165) is 42.3 Å². The van der Waals surface area contributed by atoms with Gasteiger partial charge in [-0.25, -0.2) is 15.0 Å². The Morgan fingerprint density at radius 3 is 2.81 bits per heavy atom. The lowest BCUT2D eigenvalue weighted by molar-refractivity contribution is 0.235. The minimum Gasteiger partial charge on any atom is -0.488 e. The number of aromatic nitrogens is 3. The lowest BCUT2D eigenvalue weighted by Gasteiger charge is -2.15. The summed E-state index contributed by atoms with van der Waals surface area (Å²) < 4.78 is 11.4. The first-order valence-corrected chi connectivity index (χ1v) is 9.25. The molecular formula is C20H28N4O2. The molecule has 2 aromatic heterocycles. The van der Waals surface area contributed by atoms with Gasteiger partial charge in [-0.1, -0.05) is 6.92 Å². The molecule has 2 aromatic rings. The van der Waals surface area contributed by atoms with Crippen molar-refractivity contribution in [1.29, 1.82) is 0 Å². The molecule has 1 atom stereocenters.